The van der Waals surface area contributed by atoms with E-state index in [0.29, 0.717) is 32.9 Å². The first-order valence-electron chi connectivity index (χ1n) is 6.83. The maximum absolute atomic E-state index is 12.0. The summed E-state index contributed by atoms with van der Waals surface area (Å²) in [6, 6.07) is 5.28. The zero-order chi connectivity index (χ0) is 16.7. The Morgan fingerprint density at radius 1 is 1.30 bits per heavy atom. The van der Waals surface area contributed by atoms with Crippen LogP contribution in [0.2, 0.25) is 5.02 Å². The first-order valence-corrected chi connectivity index (χ1v) is 7.21. The highest BCUT2D eigenvalue weighted by Crippen LogP contribution is 2.37. The second-order valence-electron chi connectivity index (χ2n) is 5.18. The van der Waals surface area contributed by atoms with E-state index in [9.17, 15) is 4.79 Å². The average molecular weight is 332 g/mol. The summed E-state index contributed by atoms with van der Waals surface area (Å²) in [6.45, 7) is 3.63. The number of nitrogens with two attached hydrogens (primary N) is 1. The van der Waals surface area contributed by atoms with Crippen molar-refractivity contribution >= 4 is 28.4 Å². The molecule has 6 nitrogen and oxygen atoms in total. The van der Waals surface area contributed by atoms with E-state index in [0.717, 1.165) is 5.56 Å². The first kappa shape index (κ1) is 15.3. The van der Waals surface area contributed by atoms with Gasteiger partial charge in [0, 0.05) is 22.0 Å². The number of carbonyl (C=O) groups is 1. The van der Waals surface area contributed by atoms with Gasteiger partial charge in [-0.05, 0) is 31.5 Å². The molecule has 0 aliphatic heterocycles. The van der Waals surface area contributed by atoms with Crippen molar-refractivity contribution in [3.05, 3.63) is 40.1 Å². The fraction of sp³-hybridized carbons (Fsp3) is 0.188. The van der Waals surface area contributed by atoms with Crippen molar-refractivity contribution < 1.29 is 14.1 Å². The van der Waals surface area contributed by atoms with Gasteiger partial charge in [0.1, 0.15) is 17.0 Å². The molecule has 118 valence electrons. The van der Waals surface area contributed by atoms with E-state index in [2.05, 4.69) is 10.1 Å². The zero-order valence-electron chi connectivity index (χ0n) is 12.8. The molecule has 0 atom stereocenters. The third-order valence-electron chi connectivity index (χ3n) is 3.56. The van der Waals surface area contributed by atoms with Crippen molar-refractivity contribution in [2.75, 3.05) is 7.11 Å². The monoisotopic (exact) mass is 331 g/mol. The van der Waals surface area contributed by atoms with Crippen LogP contribution in [0.15, 0.2) is 22.7 Å². The molecule has 0 bridgehead atoms. The number of nitrogens with zero attached hydrogens (tertiary/aromatic N) is 2. The summed E-state index contributed by atoms with van der Waals surface area (Å²) in [4.78, 5) is 16.4. The van der Waals surface area contributed by atoms with Gasteiger partial charge in [0.05, 0.1) is 12.6 Å². The Morgan fingerprint density at radius 2 is 2.04 bits per heavy atom. The lowest BCUT2D eigenvalue weighted by atomic mass is 9.98. The third kappa shape index (κ3) is 2.51. The van der Waals surface area contributed by atoms with Crippen LogP contribution in [-0.4, -0.2) is 23.2 Å². The van der Waals surface area contributed by atoms with Crippen molar-refractivity contribution in [1.29, 1.82) is 0 Å². The Balaban J connectivity index is 2.51. The van der Waals surface area contributed by atoms with Crippen LogP contribution in [0, 0.1) is 13.8 Å². The number of primary amides is 1. The van der Waals surface area contributed by atoms with Crippen LogP contribution in [0.25, 0.3) is 22.2 Å². The summed E-state index contributed by atoms with van der Waals surface area (Å²) in [6.07, 6.45) is 0. The largest absolute Gasteiger partial charge is 0.480 e. The Labute approximate surface area is 137 Å². The number of fused-ring (bicyclic) bond motifs is 1. The molecule has 3 aromatic rings. The first-order chi connectivity index (χ1) is 10.9. The number of pyridine rings is 1. The summed E-state index contributed by atoms with van der Waals surface area (Å²) < 4.78 is 10.4. The molecule has 3 rings (SSSR count). The van der Waals surface area contributed by atoms with E-state index in [4.69, 9.17) is 26.6 Å². The lowest BCUT2D eigenvalue weighted by Crippen LogP contribution is -2.15. The van der Waals surface area contributed by atoms with Gasteiger partial charge in [0.15, 0.2) is 0 Å². The lowest BCUT2D eigenvalue weighted by Gasteiger charge is -2.13. The molecule has 0 unspecified atom stereocenters. The highest BCUT2D eigenvalue weighted by Gasteiger charge is 2.24. The van der Waals surface area contributed by atoms with Gasteiger partial charge >= 0.3 is 0 Å². The van der Waals surface area contributed by atoms with Crippen LogP contribution in [0.4, 0.5) is 0 Å². The number of carbonyl (C=O) groups excluding carboxylic acids is 1. The van der Waals surface area contributed by atoms with Crippen molar-refractivity contribution in [3.63, 3.8) is 0 Å². The summed E-state index contributed by atoms with van der Waals surface area (Å²) in [5, 5.41) is 5.21. The maximum atomic E-state index is 12.0. The molecule has 0 fully saturated rings. The highest BCUT2D eigenvalue weighted by atomic mass is 35.5. The van der Waals surface area contributed by atoms with Gasteiger partial charge in [-0.1, -0.05) is 16.8 Å². The molecule has 0 spiro atoms. The molecule has 2 N–H and O–H groups in total. The standard InChI is InChI=1S/C16H14ClN3O3/c1-7-4-11-9(6-10(7)17)13(12-5-8(2)23-20-12)14(15(18)21)16(19-11)22-3/h4-6H,1-3H3,(H2,18,21). The van der Waals surface area contributed by atoms with Crippen LogP contribution < -0.4 is 10.5 Å². The molecule has 1 amide bonds. The molecule has 1 aromatic carbocycles. The Morgan fingerprint density at radius 3 is 2.61 bits per heavy atom. The van der Waals surface area contributed by atoms with Crippen molar-refractivity contribution in [3.8, 4) is 17.1 Å². The summed E-state index contributed by atoms with van der Waals surface area (Å²) in [5.41, 5.74) is 8.16. The van der Waals surface area contributed by atoms with Crippen molar-refractivity contribution in [2.45, 2.75) is 13.8 Å². The van der Waals surface area contributed by atoms with Crippen LogP contribution in [0.5, 0.6) is 5.88 Å². The summed E-state index contributed by atoms with van der Waals surface area (Å²) in [7, 11) is 1.43. The molecule has 0 saturated heterocycles. The van der Waals surface area contributed by atoms with Gasteiger partial charge in [-0.25, -0.2) is 4.98 Å². The van der Waals surface area contributed by atoms with Gasteiger partial charge in [-0.2, -0.15) is 0 Å². The number of ether oxygens (including phenoxy) is 1. The number of amides is 1. The predicted octanol–water partition coefficient (Wildman–Crippen LogP) is 3.27. The molecule has 0 saturated carbocycles. The molecular formula is C16H14ClN3O3. The van der Waals surface area contributed by atoms with Crippen LogP contribution in [-0.2, 0) is 0 Å². The minimum absolute atomic E-state index is 0.141. The zero-order valence-corrected chi connectivity index (χ0v) is 13.6. The van der Waals surface area contributed by atoms with E-state index >= 15 is 0 Å². The Hall–Kier alpha value is -2.60. The number of aryl methyl sites for hydroxylation is 2. The second-order valence-corrected chi connectivity index (χ2v) is 5.58. The number of rotatable bonds is 3. The summed E-state index contributed by atoms with van der Waals surface area (Å²) in [5.74, 6) is 0.0866. The second kappa shape index (κ2) is 5.55. The van der Waals surface area contributed by atoms with Gasteiger partial charge in [-0.15, -0.1) is 0 Å². The molecule has 0 aliphatic carbocycles. The fourth-order valence-corrected chi connectivity index (χ4v) is 2.66. The molecule has 0 aliphatic rings. The smallest absolute Gasteiger partial charge is 0.254 e. The topological polar surface area (TPSA) is 91.2 Å². The van der Waals surface area contributed by atoms with Crippen LogP contribution >= 0.6 is 11.6 Å². The molecule has 2 aromatic heterocycles. The van der Waals surface area contributed by atoms with Gasteiger partial charge in [0.2, 0.25) is 5.88 Å². The quantitative estimate of drug-likeness (QED) is 0.795. The minimum Gasteiger partial charge on any atom is -0.480 e. The van der Waals surface area contributed by atoms with Crippen molar-refractivity contribution in [2.24, 2.45) is 5.73 Å². The average Bonchev–Trinajstić information content (AvgIpc) is 2.92. The Kier molecular flexibility index (Phi) is 3.69. The van der Waals surface area contributed by atoms with Gasteiger partial charge in [-0.3, -0.25) is 4.79 Å². The molecule has 23 heavy (non-hydrogen) atoms. The summed E-state index contributed by atoms with van der Waals surface area (Å²) >= 11 is 6.24. The van der Waals surface area contributed by atoms with Crippen molar-refractivity contribution in [1.82, 2.24) is 10.1 Å². The predicted molar refractivity (Wildman–Crippen MR) is 86.8 cm³/mol. The number of hydrogen-bond acceptors (Lipinski definition) is 5. The van der Waals surface area contributed by atoms with Gasteiger partial charge in [0.25, 0.3) is 5.91 Å². The van der Waals surface area contributed by atoms with Crippen LogP contribution in [0.3, 0.4) is 0 Å². The number of halogens is 1. The fourth-order valence-electron chi connectivity index (χ4n) is 2.49. The Bertz CT molecular complexity index is 934. The number of methoxy groups -OCH3 is 1. The van der Waals surface area contributed by atoms with E-state index in [1.54, 1.807) is 19.1 Å². The number of aromatic nitrogens is 2. The van der Waals surface area contributed by atoms with E-state index in [1.807, 2.05) is 13.0 Å². The molecule has 7 heteroatoms. The van der Waals surface area contributed by atoms with Gasteiger partial charge < -0.3 is 15.0 Å². The third-order valence-corrected chi connectivity index (χ3v) is 3.96. The number of hydrogen-bond donors (Lipinski definition) is 1. The van der Waals surface area contributed by atoms with Crippen LogP contribution in [0.1, 0.15) is 21.7 Å². The minimum atomic E-state index is -0.663. The molecule has 2 heterocycles. The normalized spacial score (nSPS) is 11.0. The van der Waals surface area contributed by atoms with E-state index in [1.165, 1.54) is 7.11 Å². The number of benzene rings is 1. The molecule has 0 radical (unpaired) electrons. The lowest BCUT2D eigenvalue weighted by molar-refractivity contribution is 0.0997. The SMILES string of the molecule is COc1nc2cc(C)c(Cl)cc2c(-c2cc(C)on2)c1C(N)=O. The van der Waals surface area contributed by atoms with E-state index < -0.39 is 5.91 Å². The maximum Gasteiger partial charge on any atom is 0.254 e. The van der Waals surface area contributed by atoms with E-state index in [-0.39, 0.29) is 11.4 Å². The highest BCUT2D eigenvalue weighted by molar-refractivity contribution is 6.32. The molecular weight excluding hydrogens is 318 g/mol.